The molecule has 0 aliphatic carbocycles. The van der Waals surface area contributed by atoms with Gasteiger partial charge in [0.1, 0.15) is 42.6 Å². The number of aromatic carboxylic acids is 2. The molecule has 0 spiro atoms. The van der Waals surface area contributed by atoms with Crippen LogP contribution in [0.25, 0.3) is 22.1 Å². The Kier molecular flexibility index (Phi) is 19.1. The molecule has 25 heteroatoms. The lowest BCUT2D eigenvalue weighted by molar-refractivity contribution is -0.0593. The van der Waals surface area contributed by atoms with Crippen molar-refractivity contribution >= 4 is 51.5 Å². The van der Waals surface area contributed by atoms with E-state index in [4.69, 9.17) is 41.3 Å². The summed E-state index contributed by atoms with van der Waals surface area (Å²) < 4.78 is 33.4. The number of carbonyl (C=O) groups is 3. The van der Waals surface area contributed by atoms with E-state index >= 15 is 0 Å². The molecule has 4 N–H and O–H groups in total. The summed E-state index contributed by atoms with van der Waals surface area (Å²) in [5.74, 6) is 2.86. The predicted molar refractivity (Wildman–Crippen MR) is 310 cm³/mol. The number of ether oxygens (including phenoxy) is 4. The van der Waals surface area contributed by atoms with E-state index in [-0.39, 0.29) is 49.5 Å². The van der Waals surface area contributed by atoms with Gasteiger partial charge in [0.05, 0.1) is 82.7 Å². The van der Waals surface area contributed by atoms with E-state index in [0.29, 0.717) is 62.1 Å². The molecular weight excluding hydrogens is 1080 g/mol. The molecule has 0 bridgehead atoms. The second kappa shape index (κ2) is 27.7. The third kappa shape index (κ3) is 14.5. The third-order valence-electron chi connectivity index (χ3n) is 14.6. The molecule has 4 aliphatic heterocycles. The standard InChI is InChI=1S/C28H30N8O5.C28H28N8O4.C2H6.CH4/c29-27(37)19-13-30-23(31-14-19)17-41-26-3-1-2-24(33-26)35-9-7-34(8-10-35)16-25-32-21-5-4-18(28(38)39)12-22(21)36(25)15-20-6-11-40-20;29-13-19-14-30-24(31-15-19)18-40-27-3-1-2-25(33-27)35-9-7-34(8-10-35)17-26-32-22-5-4-20(28(37)38)12-23(22)36(26)16-21-6-11-39-21;1-2;/h1-5,12-14,20H,6-11,15-17H2,(H2,29,37)(H,38,39);1-5,12,14-15,21H,6-11,16-18H2,(H,37,38);1-2H3;1H4/t20-;21-;;/m00../s1/i;;1D;. The molecule has 1 amide bonds. The molecular formula is C59H68N16O9. The number of amides is 1. The fourth-order valence-electron chi connectivity index (χ4n) is 9.84. The smallest absolute Gasteiger partial charge is 0.335 e. The number of nitrogens with two attached hydrogens (primary N) is 1. The molecule has 2 atom stereocenters. The lowest BCUT2D eigenvalue weighted by atomic mass is 10.1. The largest absolute Gasteiger partial charge is 0.478 e. The number of primary amides is 1. The van der Waals surface area contributed by atoms with Gasteiger partial charge in [-0.15, -0.1) is 0 Å². The molecule has 4 saturated heterocycles. The number of fused-ring (bicyclic) bond motifs is 2. The van der Waals surface area contributed by atoms with E-state index in [9.17, 15) is 24.6 Å². The van der Waals surface area contributed by atoms with Gasteiger partial charge in [0.25, 0.3) is 5.91 Å². The number of anilines is 2. The first-order chi connectivity index (χ1) is 40.9. The lowest BCUT2D eigenvalue weighted by Gasteiger charge is -2.35. The molecule has 4 fully saturated rings. The van der Waals surface area contributed by atoms with Crippen LogP contribution in [0.2, 0.25) is 0 Å². The Morgan fingerprint density at radius 3 is 1.43 bits per heavy atom. The zero-order valence-electron chi connectivity index (χ0n) is 46.9. The lowest BCUT2D eigenvalue weighted by Crippen LogP contribution is -2.46. The molecule has 12 rings (SSSR count). The summed E-state index contributed by atoms with van der Waals surface area (Å²) in [7, 11) is 0. The number of aromatic nitrogens is 10. The van der Waals surface area contributed by atoms with Crippen molar-refractivity contribution in [2.24, 2.45) is 5.73 Å². The van der Waals surface area contributed by atoms with Crippen LogP contribution in [-0.4, -0.2) is 165 Å². The van der Waals surface area contributed by atoms with Crippen LogP contribution in [0.15, 0.2) is 97.6 Å². The minimum absolute atomic E-state index is 0. The SMILES string of the molecule is C.N#Cc1cnc(COc2cccc(N3CCN(Cc4nc5ccc(C(=O)O)cc5n4C[C@@H]4CCO4)CC3)n2)nc1.NC(=O)c1cnc(COc2cccc(N3CCN(Cc4nc5ccc(C(=O)O)cc5n4C[C@@H]4CCO4)CC3)n2)nc1.[2H]CC. The number of imidazole rings is 2. The minimum Gasteiger partial charge on any atom is -0.478 e. The van der Waals surface area contributed by atoms with Crippen molar-refractivity contribution < 1.29 is 44.9 Å². The number of nitriles is 1. The predicted octanol–water partition coefficient (Wildman–Crippen LogP) is 5.85. The molecule has 2 aromatic carbocycles. The Hall–Kier alpha value is -9.22. The van der Waals surface area contributed by atoms with Gasteiger partial charge in [-0.2, -0.15) is 15.2 Å². The van der Waals surface area contributed by atoms with E-state index < -0.39 is 17.8 Å². The van der Waals surface area contributed by atoms with Crippen LogP contribution < -0.4 is 25.0 Å². The maximum atomic E-state index is 11.6. The first-order valence-corrected chi connectivity index (χ1v) is 27.3. The van der Waals surface area contributed by atoms with Crippen molar-refractivity contribution in [2.75, 3.05) is 75.4 Å². The zero-order valence-corrected chi connectivity index (χ0v) is 45.9. The maximum absolute atomic E-state index is 11.6. The highest BCUT2D eigenvalue weighted by Gasteiger charge is 2.28. The van der Waals surface area contributed by atoms with E-state index in [0.717, 1.165) is 124 Å². The Morgan fingerprint density at radius 1 is 0.643 bits per heavy atom. The molecule has 438 valence electrons. The van der Waals surface area contributed by atoms with E-state index in [2.05, 4.69) is 58.6 Å². The molecule has 8 aromatic rings. The van der Waals surface area contributed by atoms with Gasteiger partial charge < -0.3 is 53.8 Å². The van der Waals surface area contributed by atoms with Gasteiger partial charge in [0.2, 0.25) is 11.8 Å². The van der Waals surface area contributed by atoms with E-state index in [1.165, 1.54) is 24.8 Å². The second-order valence-electron chi connectivity index (χ2n) is 19.9. The van der Waals surface area contributed by atoms with Gasteiger partial charge in [0, 0.05) is 104 Å². The molecule has 84 heavy (non-hydrogen) atoms. The highest BCUT2D eigenvalue weighted by molar-refractivity contribution is 5.93. The molecule has 0 unspecified atom stereocenters. The normalized spacial score (nSPS) is 17.0. The van der Waals surface area contributed by atoms with E-state index in [1.54, 1.807) is 55.5 Å². The third-order valence-corrected chi connectivity index (χ3v) is 14.6. The number of carboxylic acid groups (broad SMARTS) is 2. The average Bonchev–Trinajstić information content (AvgIpc) is 3.68. The number of carbonyl (C=O) groups excluding carboxylic acids is 1. The fourth-order valence-corrected chi connectivity index (χ4v) is 9.84. The molecule has 4 aliphatic rings. The number of rotatable bonds is 19. The van der Waals surface area contributed by atoms with Crippen molar-refractivity contribution in [3.05, 3.63) is 143 Å². The van der Waals surface area contributed by atoms with Gasteiger partial charge in [-0.3, -0.25) is 14.6 Å². The van der Waals surface area contributed by atoms with Crippen LogP contribution >= 0.6 is 0 Å². The van der Waals surface area contributed by atoms with Gasteiger partial charge in [0.15, 0.2) is 11.6 Å². The first-order valence-electron chi connectivity index (χ1n) is 28.0. The summed E-state index contributed by atoms with van der Waals surface area (Å²) in [6, 6.07) is 23.5. The number of benzene rings is 2. The molecule has 6 aromatic heterocycles. The van der Waals surface area contributed by atoms with Gasteiger partial charge in [-0.1, -0.05) is 33.4 Å². The van der Waals surface area contributed by atoms with Crippen LogP contribution in [0.1, 0.15) is 95.4 Å². The Labute approximate surface area is 486 Å². The first kappa shape index (κ1) is 58.0. The molecule has 0 saturated carbocycles. The average molecular weight is 1150 g/mol. The summed E-state index contributed by atoms with van der Waals surface area (Å²) in [6.45, 7) is 13.2. The van der Waals surface area contributed by atoms with Crippen molar-refractivity contribution in [3.8, 4) is 17.8 Å². The Morgan fingerprint density at radius 2 is 1.06 bits per heavy atom. The van der Waals surface area contributed by atoms with Crippen molar-refractivity contribution in [1.82, 2.24) is 58.8 Å². The van der Waals surface area contributed by atoms with Gasteiger partial charge >= 0.3 is 11.9 Å². The maximum Gasteiger partial charge on any atom is 0.335 e. The van der Waals surface area contributed by atoms with Crippen LogP contribution in [0.4, 0.5) is 11.6 Å². The minimum atomic E-state index is -0.951. The summed E-state index contributed by atoms with van der Waals surface area (Å²) >= 11 is 0. The van der Waals surface area contributed by atoms with Crippen molar-refractivity contribution in [2.45, 2.75) is 85.7 Å². The summed E-state index contributed by atoms with van der Waals surface area (Å²) in [5.41, 5.74) is 9.62. The Balaban J connectivity index is 0.000000192. The number of hydrogen-bond acceptors (Lipinski definition) is 20. The van der Waals surface area contributed by atoms with Crippen LogP contribution in [0, 0.1) is 11.3 Å². The molecule has 0 radical (unpaired) electrons. The fraction of sp³-hybridized carbons (Fsp3) is 0.390. The van der Waals surface area contributed by atoms with Crippen molar-refractivity contribution in [3.63, 3.8) is 0 Å². The van der Waals surface area contributed by atoms with Gasteiger partial charge in [-0.05, 0) is 61.4 Å². The topological polar surface area (TPSA) is 304 Å². The summed E-state index contributed by atoms with van der Waals surface area (Å²) in [6.07, 6.45) is 7.93. The number of pyridine rings is 2. The second-order valence-corrected chi connectivity index (χ2v) is 19.9. The van der Waals surface area contributed by atoms with Crippen molar-refractivity contribution in [1.29, 1.82) is 5.26 Å². The summed E-state index contributed by atoms with van der Waals surface area (Å²) in [5, 5.41) is 27.9. The van der Waals surface area contributed by atoms with Crippen LogP contribution in [0.3, 0.4) is 0 Å². The van der Waals surface area contributed by atoms with Crippen LogP contribution in [-0.2, 0) is 48.9 Å². The highest BCUT2D eigenvalue weighted by Crippen LogP contribution is 2.27. The monoisotopic (exact) mass is 1150 g/mol. The zero-order chi connectivity index (χ0) is 58.5. The Bertz CT molecular complexity index is 3610. The molecule has 10 heterocycles. The highest BCUT2D eigenvalue weighted by atomic mass is 16.5. The molecule has 25 nitrogen and oxygen atoms in total. The number of carboxylic acids is 2. The van der Waals surface area contributed by atoms with E-state index in [1.807, 2.05) is 30.3 Å². The number of nitrogens with zero attached hydrogens (tertiary/aromatic N) is 15. The van der Waals surface area contributed by atoms with Crippen LogP contribution in [0.5, 0.6) is 11.8 Å². The van der Waals surface area contributed by atoms with Gasteiger partial charge in [-0.25, -0.2) is 39.5 Å². The number of hydrogen-bond donors (Lipinski definition) is 3. The number of piperazine rings is 2. The summed E-state index contributed by atoms with van der Waals surface area (Å²) in [4.78, 5) is 79.0. The quantitative estimate of drug-likeness (QED) is 0.0855.